The lowest BCUT2D eigenvalue weighted by Crippen LogP contribution is -1.97. The van der Waals surface area contributed by atoms with Gasteiger partial charge in [-0.05, 0) is 37.0 Å². The predicted molar refractivity (Wildman–Crippen MR) is 51.1 cm³/mol. The molecule has 8 heteroatoms. The van der Waals surface area contributed by atoms with Gasteiger partial charge in [0.05, 0.1) is 13.2 Å². The van der Waals surface area contributed by atoms with Gasteiger partial charge in [0, 0.05) is 0 Å². The van der Waals surface area contributed by atoms with Gasteiger partial charge in [0.2, 0.25) is 4.63 Å². The summed E-state index contributed by atoms with van der Waals surface area (Å²) in [4.78, 5) is 0. The fourth-order valence-corrected chi connectivity index (χ4v) is 1.63. The molecule has 0 aliphatic heterocycles. The maximum absolute atomic E-state index is 11.4. The molecule has 0 fully saturated rings. The van der Waals surface area contributed by atoms with Gasteiger partial charge in [-0.1, -0.05) is 5.16 Å². The van der Waals surface area contributed by atoms with Gasteiger partial charge in [-0.15, -0.1) is 0 Å². The van der Waals surface area contributed by atoms with Crippen LogP contribution in [0.2, 0.25) is 0 Å². The van der Waals surface area contributed by atoms with E-state index in [1.54, 1.807) is 13.8 Å². The van der Waals surface area contributed by atoms with E-state index in [1.807, 2.05) is 0 Å². The molecule has 5 nitrogen and oxygen atoms in total. The molecular weight excluding hydrogens is 240 g/mol. The van der Waals surface area contributed by atoms with Gasteiger partial charge < -0.3 is 0 Å². The van der Waals surface area contributed by atoms with Crippen LogP contribution >= 0.6 is 31.0 Å². The van der Waals surface area contributed by atoms with Crippen molar-refractivity contribution in [3.8, 4) is 0 Å². The molecule has 0 N–H and O–H groups in total. The van der Waals surface area contributed by atoms with E-state index in [-0.39, 0.29) is 13.2 Å². The first-order chi connectivity index (χ1) is 6.04. The molecule has 78 valence electrons. The van der Waals surface area contributed by atoms with Crippen molar-refractivity contribution >= 4 is 35.7 Å². The Morgan fingerprint density at radius 3 is 2.08 bits per heavy atom. The lowest BCUT2D eigenvalue weighted by Gasteiger charge is -2.12. The molecule has 0 radical (unpaired) electrons. The van der Waals surface area contributed by atoms with Gasteiger partial charge in [-0.3, -0.25) is 13.7 Å². The molecule has 13 heavy (non-hydrogen) atoms. The third-order valence-corrected chi connectivity index (χ3v) is 2.35. The number of nitrogens with zero attached hydrogens (tertiary/aromatic N) is 1. The molecule has 0 saturated carbocycles. The number of rotatable bonds is 6. The largest absolute Gasteiger partial charge is 0.550 e. The number of oxime groups is 1. The van der Waals surface area contributed by atoms with Crippen LogP contribution in [0.4, 0.5) is 0 Å². The minimum absolute atomic E-state index is 0.173. The van der Waals surface area contributed by atoms with Gasteiger partial charge in [-0.2, -0.15) is 0 Å². The van der Waals surface area contributed by atoms with Crippen molar-refractivity contribution in [1.82, 2.24) is 0 Å². The Morgan fingerprint density at radius 1 is 1.31 bits per heavy atom. The standard InChI is InChI=1S/C5H10Cl2NO4P/c1-3-10-13(9,11-4-2)12-8-5(6)7/h3-4H2,1-2H3. The van der Waals surface area contributed by atoms with Crippen LogP contribution in [0.25, 0.3) is 0 Å². The van der Waals surface area contributed by atoms with Gasteiger partial charge in [0.15, 0.2) is 0 Å². The number of halogens is 2. The van der Waals surface area contributed by atoms with Crippen molar-refractivity contribution in [2.24, 2.45) is 5.16 Å². The third-order valence-electron chi connectivity index (χ3n) is 0.784. The summed E-state index contributed by atoms with van der Waals surface area (Å²) in [6, 6.07) is 0. The zero-order valence-corrected chi connectivity index (χ0v) is 9.60. The van der Waals surface area contributed by atoms with Gasteiger partial charge in [0.1, 0.15) is 0 Å². The highest BCUT2D eigenvalue weighted by atomic mass is 35.5. The first-order valence-electron chi connectivity index (χ1n) is 3.51. The highest BCUT2D eigenvalue weighted by Crippen LogP contribution is 2.49. The Hall–Kier alpha value is 0.200. The van der Waals surface area contributed by atoms with Crippen LogP contribution in [-0.2, 0) is 18.2 Å². The molecule has 0 aliphatic rings. The zero-order valence-electron chi connectivity index (χ0n) is 7.20. The second kappa shape index (κ2) is 6.62. The average molecular weight is 250 g/mol. The number of hydrogen-bond acceptors (Lipinski definition) is 5. The maximum Gasteiger partial charge on any atom is 0.550 e. The Balaban J connectivity index is 4.24. The zero-order chi connectivity index (χ0) is 10.3. The number of phosphoric acid groups is 1. The highest BCUT2D eigenvalue weighted by molar-refractivity contribution is 7.48. The quantitative estimate of drug-likeness (QED) is 0.413. The van der Waals surface area contributed by atoms with Gasteiger partial charge in [0.25, 0.3) is 0 Å². The molecule has 0 unspecified atom stereocenters. The molecule has 0 aromatic carbocycles. The van der Waals surface area contributed by atoms with E-state index >= 15 is 0 Å². The second-order valence-corrected chi connectivity index (χ2v) is 4.18. The summed E-state index contributed by atoms with van der Waals surface area (Å²) in [5.41, 5.74) is 0. The van der Waals surface area contributed by atoms with Crippen molar-refractivity contribution in [3.05, 3.63) is 0 Å². The Bertz CT molecular complexity index is 209. The molecule has 0 heterocycles. The van der Waals surface area contributed by atoms with Gasteiger partial charge >= 0.3 is 7.82 Å². The minimum atomic E-state index is -3.63. The van der Waals surface area contributed by atoms with Crippen LogP contribution in [0.1, 0.15) is 13.8 Å². The van der Waals surface area contributed by atoms with Crippen molar-refractivity contribution in [2.45, 2.75) is 13.8 Å². The van der Waals surface area contributed by atoms with Crippen molar-refractivity contribution in [1.29, 1.82) is 0 Å². The van der Waals surface area contributed by atoms with Crippen LogP contribution in [0.5, 0.6) is 0 Å². The minimum Gasteiger partial charge on any atom is -0.290 e. The van der Waals surface area contributed by atoms with Gasteiger partial charge in [-0.25, -0.2) is 4.57 Å². The summed E-state index contributed by atoms with van der Waals surface area (Å²) in [7, 11) is -3.63. The maximum atomic E-state index is 11.4. The molecule has 0 atom stereocenters. The topological polar surface area (TPSA) is 57.1 Å². The monoisotopic (exact) mass is 249 g/mol. The lowest BCUT2D eigenvalue weighted by atomic mass is 10.9. The normalized spacial score (nSPS) is 11.1. The molecule has 0 aromatic rings. The third kappa shape index (κ3) is 6.29. The highest BCUT2D eigenvalue weighted by Gasteiger charge is 2.27. The Morgan fingerprint density at radius 2 is 1.77 bits per heavy atom. The first kappa shape index (κ1) is 13.2. The van der Waals surface area contributed by atoms with E-state index in [1.165, 1.54) is 0 Å². The van der Waals surface area contributed by atoms with E-state index < -0.39 is 12.5 Å². The summed E-state index contributed by atoms with van der Waals surface area (Å²) in [5, 5.41) is 3.07. The molecule has 0 aliphatic carbocycles. The van der Waals surface area contributed by atoms with E-state index in [0.29, 0.717) is 0 Å². The van der Waals surface area contributed by atoms with E-state index in [2.05, 4.69) is 9.78 Å². The van der Waals surface area contributed by atoms with E-state index in [4.69, 9.17) is 32.2 Å². The molecule has 0 aromatic heterocycles. The van der Waals surface area contributed by atoms with Crippen LogP contribution in [-0.4, -0.2) is 17.8 Å². The predicted octanol–water partition coefficient (Wildman–Crippen LogP) is 2.93. The van der Waals surface area contributed by atoms with E-state index in [9.17, 15) is 4.57 Å². The molecule has 0 amide bonds. The van der Waals surface area contributed by atoms with Crippen LogP contribution in [0.3, 0.4) is 0 Å². The molecule has 0 bridgehead atoms. The molecule has 0 spiro atoms. The SMILES string of the molecule is CCOP(=O)(OCC)ON=C(Cl)Cl. The molecule has 0 saturated heterocycles. The van der Waals surface area contributed by atoms with Crippen molar-refractivity contribution < 1.29 is 18.2 Å². The van der Waals surface area contributed by atoms with Crippen molar-refractivity contribution in [3.63, 3.8) is 0 Å². The molecule has 0 rings (SSSR count). The fraction of sp³-hybridized carbons (Fsp3) is 0.800. The summed E-state index contributed by atoms with van der Waals surface area (Å²) in [6.45, 7) is 3.63. The lowest BCUT2D eigenvalue weighted by molar-refractivity contribution is 0.125. The summed E-state index contributed by atoms with van der Waals surface area (Å²) >= 11 is 10.3. The Labute approximate surface area is 86.5 Å². The summed E-state index contributed by atoms with van der Waals surface area (Å²) in [6.07, 6.45) is 0. The average Bonchev–Trinajstić information content (AvgIpc) is 2.02. The van der Waals surface area contributed by atoms with Crippen LogP contribution in [0, 0.1) is 0 Å². The smallest absolute Gasteiger partial charge is 0.290 e. The second-order valence-electron chi connectivity index (χ2n) is 1.70. The summed E-state index contributed by atoms with van der Waals surface area (Å²) < 4.78 is 24.8. The van der Waals surface area contributed by atoms with Crippen molar-refractivity contribution in [2.75, 3.05) is 13.2 Å². The molecular formula is C5H10Cl2NO4P. The number of hydrogen-bond donors (Lipinski definition) is 0. The van der Waals surface area contributed by atoms with Crippen LogP contribution in [0.15, 0.2) is 5.16 Å². The Kier molecular flexibility index (Phi) is 6.73. The van der Waals surface area contributed by atoms with E-state index in [0.717, 1.165) is 0 Å². The van der Waals surface area contributed by atoms with Crippen LogP contribution < -0.4 is 0 Å². The summed E-state index contributed by atoms with van der Waals surface area (Å²) in [5.74, 6) is 0. The number of phosphoric ester groups is 1. The first-order valence-corrected chi connectivity index (χ1v) is 5.72. The fourth-order valence-electron chi connectivity index (χ4n) is 0.481.